The first-order valence-corrected chi connectivity index (χ1v) is 17.5. The Hall–Kier alpha value is -2.44. The minimum Gasteiger partial charge on any atom is -0.497 e. The molecular weight excluding hydrogens is 576 g/mol. The molecule has 234 valence electrons. The number of benzene rings is 1. The van der Waals surface area contributed by atoms with Gasteiger partial charge in [0.1, 0.15) is 29.9 Å². The zero-order chi connectivity index (χ0) is 30.5. The number of fused-ring (bicyclic) bond motifs is 1. The molecule has 10 nitrogen and oxygen atoms in total. The van der Waals surface area contributed by atoms with E-state index in [1.54, 1.807) is 45.7 Å². The first-order chi connectivity index (χ1) is 20.3. The number of nitrogens with zero attached hydrogens (tertiary/aromatic N) is 1. The second kappa shape index (κ2) is 17.6. The van der Waals surface area contributed by atoms with Crippen LogP contribution < -0.4 is 20.7 Å². The van der Waals surface area contributed by atoms with Crippen molar-refractivity contribution >= 4 is 45.2 Å². The highest BCUT2D eigenvalue weighted by atomic mass is 33.1. The third-order valence-corrected chi connectivity index (χ3v) is 10.4. The second-order valence-electron chi connectivity index (χ2n) is 11.0. The van der Waals surface area contributed by atoms with Gasteiger partial charge in [-0.1, -0.05) is 66.8 Å². The predicted molar refractivity (Wildman–Crippen MR) is 167 cm³/mol. The lowest BCUT2D eigenvalue weighted by Crippen LogP contribution is -2.62. The van der Waals surface area contributed by atoms with Crippen LogP contribution in [0.15, 0.2) is 24.3 Å². The first kappa shape index (κ1) is 34.1. The molecule has 1 aromatic rings. The summed E-state index contributed by atoms with van der Waals surface area (Å²) in [4.78, 5) is 56.2. The Morgan fingerprint density at radius 1 is 0.952 bits per heavy atom. The molecule has 2 aliphatic rings. The molecule has 0 radical (unpaired) electrons. The lowest BCUT2D eigenvalue weighted by atomic mass is 9.95. The molecule has 1 unspecified atom stereocenters. The number of carbonyl (C=O) groups is 4. The van der Waals surface area contributed by atoms with Gasteiger partial charge in [-0.15, -0.1) is 0 Å². The molecule has 3 rings (SSSR count). The molecule has 4 N–H and O–H groups in total. The molecule has 4 amide bonds. The van der Waals surface area contributed by atoms with Crippen molar-refractivity contribution in [2.75, 3.05) is 31.8 Å². The minimum atomic E-state index is -0.932. The number of methoxy groups -OCH3 is 1. The summed E-state index contributed by atoms with van der Waals surface area (Å²) in [7, 11) is 4.93. The van der Waals surface area contributed by atoms with E-state index in [1.165, 1.54) is 0 Å². The molecular formula is C30H46N4O6S2. The summed E-state index contributed by atoms with van der Waals surface area (Å²) in [5.41, 5.74) is 0.825. The van der Waals surface area contributed by atoms with Crippen molar-refractivity contribution in [3.63, 3.8) is 0 Å². The van der Waals surface area contributed by atoms with E-state index < -0.39 is 36.0 Å². The summed E-state index contributed by atoms with van der Waals surface area (Å²) >= 11 is 0. The van der Waals surface area contributed by atoms with E-state index in [1.807, 2.05) is 26.0 Å². The van der Waals surface area contributed by atoms with E-state index >= 15 is 0 Å². The predicted octanol–water partition coefficient (Wildman–Crippen LogP) is 2.68. The monoisotopic (exact) mass is 622 g/mol. The van der Waals surface area contributed by atoms with Crippen LogP contribution in [0.1, 0.15) is 64.4 Å². The Labute approximate surface area is 257 Å². The topological polar surface area (TPSA) is 137 Å². The molecule has 2 aliphatic heterocycles. The van der Waals surface area contributed by atoms with Crippen LogP contribution in [0.4, 0.5) is 0 Å². The van der Waals surface area contributed by atoms with Crippen molar-refractivity contribution in [2.45, 2.75) is 89.4 Å². The number of hydrogen-bond donors (Lipinski definition) is 4. The van der Waals surface area contributed by atoms with Gasteiger partial charge in [0, 0.05) is 24.5 Å². The van der Waals surface area contributed by atoms with Crippen molar-refractivity contribution in [2.24, 2.45) is 5.92 Å². The van der Waals surface area contributed by atoms with Crippen LogP contribution in [0.2, 0.25) is 0 Å². The van der Waals surface area contributed by atoms with Crippen LogP contribution in [0.3, 0.4) is 0 Å². The van der Waals surface area contributed by atoms with E-state index in [0.29, 0.717) is 43.7 Å². The third-order valence-electron chi connectivity index (χ3n) is 7.96. The fourth-order valence-electron chi connectivity index (χ4n) is 5.28. The molecule has 2 fully saturated rings. The number of unbranched alkanes of at least 4 members (excludes halogenated alkanes) is 2. The summed E-state index contributed by atoms with van der Waals surface area (Å²) < 4.78 is 5.25. The van der Waals surface area contributed by atoms with Crippen molar-refractivity contribution in [1.82, 2.24) is 20.9 Å². The minimum absolute atomic E-state index is 0.154. The SMILES string of the molecule is CCC(C)[C@@H]1NC(=O)[C@@H](Cc2ccc(OC)cc2)NC(=O)[C@H](CCCCCSSCCO)NC(=O)[C@H]2CCCN2C1=O. The second-order valence-corrected chi connectivity index (χ2v) is 13.7. The van der Waals surface area contributed by atoms with E-state index in [-0.39, 0.29) is 30.8 Å². The molecule has 1 aromatic carbocycles. The van der Waals surface area contributed by atoms with Gasteiger partial charge in [-0.25, -0.2) is 0 Å². The van der Waals surface area contributed by atoms with Crippen LogP contribution in [0.25, 0.3) is 0 Å². The maximum atomic E-state index is 13.8. The zero-order valence-electron chi connectivity index (χ0n) is 24.9. The van der Waals surface area contributed by atoms with Crippen LogP contribution in [0, 0.1) is 5.92 Å². The summed E-state index contributed by atoms with van der Waals surface area (Å²) in [5, 5.41) is 17.7. The number of nitrogens with one attached hydrogen (secondary N) is 3. The van der Waals surface area contributed by atoms with E-state index in [2.05, 4.69) is 16.0 Å². The number of amides is 4. The van der Waals surface area contributed by atoms with Gasteiger partial charge >= 0.3 is 0 Å². The number of ether oxygens (including phenoxy) is 1. The quantitative estimate of drug-likeness (QED) is 0.184. The van der Waals surface area contributed by atoms with Crippen molar-refractivity contribution in [1.29, 1.82) is 0 Å². The van der Waals surface area contributed by atoms with Crippen molar-refractivity contribution in [3.05, 3.63) is 29.8 Å². The number of carbonyl (C=O) groups excluding carboxylic acids is 4. The maximum Gasteiger partial charge on any atom is 0.246 e. The van der Waals surface area contributed by atoms with Gasteiger partial charge in [-0.3, -0.25) is 19.2 Å². The number of rotatable bonds is 14. The largest absolute Gasteiger partial charge is 0.497 e. The summed E-state index contributed by atoms with van der Waals surface area (Å²) in [6.07, 6.45) is 5.09. The smallest absolute Gasteiger partial charge is 0.246 e. The average molecular weight is 623 g/mol. The number of aliphatic hydroxyl groups excluding tert-OH is 1. The highest BCUT2D eigenvalue weighted by Gasteiger charge is 2.41. The summed E-state index contributed by atoms with van der Waals surface area (Å²) in [6.45, 7) is 4.48. The van der Waals surface area contributed by atoms with Crippen LogP contribution in [-0.4, -0.2) is 89.6 Å². The molecule has 0 aromatic heterocycles. The molecule has 0 aliphatic carbocycles. The molecule has 0 spiro atoms. The summed E-state index contributed by atoms with van der Waals surface area (Å²) in [6, 6.07) is 4.08. The molecule has 0 saturated carbocycles. The third kappa shape index (κ3) is 9.80. The fourth-order valence-corrected chi connectivity index (χ4v) is 7.19. The number of hydrogen-bond acceptors (Lipinski definition) is 8. The molecule has 12 heteroatoms. The molecule has 42 heavy (non-hydrogen) atoms. The lowest BCUT2D eigenvalue weighted by Gasteiger charge is -2.34. The number of aliphatic hydroxyl groups is 1. The lowest BCUT2D eigenvalue weighted by molar-refractivity contribution is -0.144. The Bertz CT molecular complexity index is 1040. The highest BCUT2D eigenvalue weighted by Crippen LogP contribution is 2.24. The standard InChI is InChI=1S/C30H46N4O6S2/c1-4-20(2)26-30(39)34-15-8-10-25(34)29(38)31-23(9-6-5-7-17-41-42-18-16-35)27(36)32-24(28(37)33-26)19-21-11-13-22(40-3)14-12-21/h11-14,20,23-26,35H,4-10,15-19H2,1-3H3,(H,31,38)(H,32,36)(H,33,37)/t20?,23-,24+,25+,26-/m0/s1. The van der Waals surface area contributed by atoms with Gasteiger partial charge in [0.25, 0.3) is 0 Å². The maximum absolute atomic E-state index is 13.8. The summed E-state index contributed by atoms with van der Waals surface area (Å²) in [5.74, 6) is 0.771. The van der Waals surface area contributed by atoms with E-state index in [4.69, 9.17) is 9.84 Å². The van der Waals surface area contributed by atoms with Gasteiger partial charge in [-0.05, 0) is 49.3 Å². The van der Waals surface area contributed by atoms with Gasteiger partial charge in [0.2, 0.25) is 23.6 Å². The Kier molecular flexibility index (Phi) is 14.3. The molecule has 5 atom stereocenters. The van der Waals surface area contributed by atoms with Gasteiger partial charge in [-0.2, -0.15) is 0 Å². The Balaban J connectivity index is 1.82. The van der Waals surface area contributed by atoms with Crippen LogP contribution >= 0.6 is 21.6 Å². The van der Waals surface area contributed by atoms with Crippen molar-refractivity contribution < 1.29 is 29.0 Å². The van der Waals surface area contributed by atoms with Crippen LogP contribution in [-0.2, 0) is 25.6 Å². The Morgan fingerprint density at radius 3 is 2.33 bits per heavy atom. The first-order valence-electron chi connectivity index (χ1n) is 15.0. The van der Waals surface area contributed by atoms with E-state index in [9.17, 15) is 19.2 Å². The Morgan fingerprint density at radius 2 is 1.64 bits per heavy atom. The normalized spacial score (nSPS) is 24.1. The van der Waals surface area contributed by atoms with Gasteiger partial charge < -0.3 is 30.7 Å². The van der Waals surface area contributed by atoms with Crippen LogP contribution in [0.5, 0.6) is 5.75 Å². The highest BCUT2D eigenvalue weighted by molar-refractivity contribution is 8.76. The van der Waals surface area contributed by atoms with Gasteiger partial charge in [0.15, 0.2) is 0 Å². The van der Waals surface area contributed by atoms with Crippen molar-refractivity contribution in [3.8, 4) is 5.75 Å². The zero-order valence-corrected chi connectivity index (χ0v) is 26.6. The molecule has 0 bridgehead atoms. The molecule has 2 saturated heterocycles. The van der Waals surface area contributed by atoms with E-state index in [0.717, 1.165) is 30.6 Å². The fraction of sp³-hybridized carbons (Fsp3) is 0.667. The van der Waals surface area contributed by atoms with Gasteiger partial charge in [0.05, 0.1) is 13.7 Å². The average Bonchev–Trinajstić information content (AvgIpc) is 3.49. The molecule has 2 heterocycles.